The van der Waals surface area contributed by atoms with Crippen LogP contribution in [0.25, 0.3) is 0 Å². The summed E-state index contributed by atoms with van der Waals surface area (Å²) in [5, 5.41) is 30.3. The molecule has 1 aromatic carbocycles. The Morgan fingerprint density at radius 1 is 1.35 bits per heavy atom. The minimum Gasteiger partial charge on any atom is -0.400 e. The van der Waals surface area contributed by atoms with Gasteiger partial charge < -0.3 is 5.11 Å². The topological polar surface area (TPSA) is 93.8 Å². The van der Waals surface area contributed by atoms with E-state index in [4.69, 9.17) is 20.8 Å². The summed E-state index contributed by atoms with van der Waals surface area (Å²) in [5.41, 5.74) is 2.03. The number of nitrogens with two attached hydrogens (primary N) is 1. The fraction of sp³-hybridized carbons (Fsp3) is 0.333. The molecule has 1 atom stereocenters. The summed E-state index contributed by atoms with van der Waals surface area (Å²) < 4.78 is 0. The summed E-state index contributed by atoms with van der Waals surface area (Å²) in [6, 6.07) is 9.28. The van der Waals surface area contributed by atoms with Gasteiger partial charge in [0.25, 0.3) is 0 Å². The molecule has 0 aliphatic heterocycles. The number of aliphatic hydroxyl groups is 1. The standard InChI is InChI=1S/C11H11N3S.CH4O/c1-8(15-14)4-10-3-2-9(6-12)5-11(10)7-13;1-2/h2-3,5,8H,4,14H2,1H3;2H,1H3. The van der Waals surface area contributed by atoms with Crippen molar-refractivity contribution in [2.45, 2.75) is 18.6 Å². The van der Waals surface area contributed by atoms with Gasteiger partial charge in [0.15, 0.2) is 0 Å². The SMILES string of the molecule is CC(Cc1ccc(C#N)cc1C#N)SN.CO. The summed E-state index contributed by atoms with van der Waals surface area (Å²) in [6.07, 6.45) is 0.746. The molecule has 90 valence electrons. The third kappa shape index (κ3) is 4.88. The maximum Gasteiger partial charge on any atom is 0.0994 e. The predicted molar refractivity (Wildman–Crippen MR) is 69.0 cm³/mol. The van der Waals surface area contributed by atoms with Crippen LogP contribution in [0, 0.1) is 22.7 Å². The lowest BCUT2D eigenvalue weighted by atomic mass is 10.0. The van der Waals surface area contributed by atoms with Crippen LogP contribution >= 0.6 is 11.9 Å². The molecule has 0 radical (unpaired) electrons. The molecule has 0 saturated heterocycles. The van der Waals surface area contributed by atoms with Crippen LogP contribution in [0.5, 0.6) is 0 Å². The Morgan fingerprint density at radius 2 is 2.00 bits per heavy atom. The van der Waals surface area contributed by atoms with Crippen LogP contribution in [0.15, 0.2) is 18.2 Å². The maximum absolute atomic E-state index is 8.93. The van der Waals surface area contributed by atoms with Crippen molar-refractivity contribution in [2.75, 3.05) is 7.11 Å². The van der Waals surface area contributed by atoms with E-state index in [0.29, 0.717) is 11.1 Å². The first-order valence-corrected chi connectivity index (χ1v) is 5.89. The Bertz CT molecular complexity index is 434. The summed E-state index contributed by atoms with van der Waals surface area (Å²) >= 11 is 1.27. The molecule has 0 aromatic heterocycles. The normalized spacial score (nSPS) is 10.5. The van der Waals surface area contributed by atoms with Crippen LogP contribution in [0.2, 0.25) is 0 Å². The number of hydrogen-bond donors (Lipinski definition) is 2. The second kappa shape index (κ2) is 8.60. The van der Waals surface area contributed by atoms with Crippen molar-refractivity contribution >= 4 is 11.9 Å². The lowest BCUT2D eigenvalue weighted by Gasteiger charge is -2.08. The van der Waals surface area contributed by atoms with Crippen molar-refractivity contribution in [3.63, 3.8) is 0 Å². The Labute approximate surface area is 106 Å². The van der Waals surface area contributed by atoms with Gasteiger partial charge in [-0.15, -0.1) is 0 Å². The number of nitriles is 2. The van der Waals surface area contributed by atoms with Gasteiger partial charge in [0, 0.05) is 12.4 Å². The molecule has 0 saturated carbocycles. The van der Waals surface area contributed by atoms with Gasteiger partial charge in [0.05, 0.1) is 23.3 Å². The van der Waals surface area contributed by atoms with Crippen LogP contribution in [0.4, 0.5) is 0 Å². The highest BCUT2D eigenvalue weighted by Crippen LogP contribution is 2.16. The maximum atomic E-state index is 8.93. The molecule has 1 rings (SSSR count). The molecule has 5 heteroatoms. The van der Waals surface area contributed by atoms with E-state index in [1.54, 1.807) is 12.1 Å². The quantitative estimate of drug-likeness (QED) is 0.793. The first-order valence-electron chi connectivity index (χ1n) is 4.94. The van der Waals surface area contributed by atoms with E-state index >= 15 is 0 Å². The van der Waals surface area contributed by atoms with Crippen LogP contribution < -0.4 is 5.14 Å². The third-order valence-corrected chi connectivity index (χ3v) is 2.73. The molecule has 0 aliphatic carbocycles. The van der Waals surface area contributed by atoms with Crippen LogP contribution in [0.1, 0.15) is 23.6 Å². The summed E-state index contributed by atoms with van der Waals surface area (Å²) in [7, 11) is 1.00. The van der Waals surface area contributed by atoms with E-state index in [1.165, 1.54) is 11.9 Å². The zero-order chi connectivity index (χ0) is 13.3. The Hall–Kier alpha value is -1.53. The molecule has 0 heterocycles. The van der Waals surface area contributed by atoms with Crippen LogP contribution in [-0.4, -0.2) is 17.5 Å². The molecule has 1 unspecified atom stereocenters. The lowest BCUT2D eigenvalue weighted by Crippen LogP contribution is -2.06. The van der Waals surface area contributed by atoms with Gasteiger partial charge in [-0.05, 0) is 24.1 Å². The van der Waals surface area contributed by atoms with Gasteiger partial charge in [-0.1, -0.05) is 24.9 Å². The highest BCUT2D eigenvalue weighted by Gasteiger charge is 2.07. The fourth-order valence-corrected chi connectivity index (χ4v) is 1.56. The molecular formula is C12H15N3OS. The number of rotatable bonds is 3. The Morgan fingerprint density at radius 3 is 2.47 bits per heavy atom. The molecule has 0 amide bonds. The smallest absolute Gasteiger partial charge is 0.0994 e. The van der Waals surface area contributed by atoms with E-state index < -0.39 is 0 Å². The highest BCUT2D eigenvalue weighted by atomic mass is 32.2. The Kier molecular flexibility index (Phi) is 7.83. The van der Waals surface area contributed by atoms with E-state index in [9.17, 15) is 0 Å². The number of aliphatic hydroxyl groups excluding tert-OH is 1. The molecule has 1 aromatic rings. The summed E-state index contributed by atoms with van der Waals surface area (Å²) in [4.78, 5) is 0. The molecule has 0 aliphatic rings. The number of hydrogen-bond acceptors (Lipinski definition) is 5. The molecule has 0 fully saturated rings. The van der Waals surface area contributed by atoms with Gasteiger partial charge in [0.2, 0.25) is 0 Å². The third-order valence-electron chi connectivity index (χ3n) is 2.10. The van der Waals surface area contributed by atoms with Gasteiger partial charge in [0.1, 0.15) is 0 Å². The van der Waals surface area contributed by atoms with Crippen molar-refractivity contribution in [2.24, 2.45) is 5.14 Å². The van der Waals surface area contributed by atoms with Gasteiger partial charge >= 0.3 is 0 Å². The monoisotopic (exact) mass is 249 g/mol. The second-order valence-corrected chi connectivity index (χ2v) is 4.32. The number of benzene rings is 1. The summed E-state index contributed by atoms with van der Waals surface area (Å²) in [5.74, 6) is 0. The van der Waals surface area contributed by atoms with Gasteiger partial charge in [-0.25, -0.2) is 0 Å². The van der Waals surface area contributed by atoms with Crippen molar-refractivity contribution in [3.05, 3.63) is 34.9 Å². The first kappa shape index (κ1) is 15.5. The average molecular weight is 249 g/mol. The van der Waals surface area contributed by atoms with Crippen molar-refractivity contribution < 1.29 is 5.11 Å². The van der Waals surface area contributed by atoms with Crippen LogP contribution in [0.3, 0.4) is 0 Å². The van der Waals surface area contributed by atoms with Crippen molar-refractivity contribution in [1.82, 2.24) is 0 Å². The van der Waals surface area contributed by atoms with Crippen molar-refractivity contribution in [1.29, 1.82) is 10.5 Å². The van der Waals surface area contributed by atoms with Gasteiger partial charge in [-0.3, -0.25) is 5.14 Å². The second-order valence-electron chi connectivity index (χ2n) is 3.25. The van der Waals surface area contributed by atoms with Crippen LogP contribution in [-0.2, 0) is 6.42 Å². The largest absolute Gasteiger partial charge is 0.400 e. The molecule has 3 N–H and O–H groups in total. The number of nitrogens with zero attached hydrogens (tertiary/aromatic N) is 2. The highest BCUT2D eigenvalue weighted by molar-refractivity contribution is 7.97. The summed E-state index contributed by atoms with van der Waals surface area (Å²) in [6.45, 7) is 2.00. The van der Waals surface area contributed by atoms with E-state index in [2.05, 4.69) is 6.07 Å². The zero-order valence-electron chi connectivity index (χ0n) is 9.84. The van der Waals surface area contributed by atoms with E-state index in [1.807, 2.05) is 19.1 Å². The van der Waals surface area contributed by atoms with E-state index in [0.717, 1.165) is 19.1 Å². The predicted octanol–water partition coefficient (Wildman–Crippen LogP) is 1.58. The molecule has 0 spiro atoms. The zero-order valence-corrected chi connectivity index (χ0v) is 10.7. The lowest BCUT2D eigenvalue weighted by molar-refractivity contribution is 0.399. The first-order chi connectivity index (χ1) is 8.21. The Balaban J connectivity index is 0.00000121. The van der Waals surface area contributed by atoms with Crippen molar-refractivity contribution in [3.8, 4) is 12.1 Å². The fourth-order valence-electron chi connectivity index (χ4n) is 1.29. The molecule has 4 nitrogen and oxygen atoms in total. The minimum atomic E-state index is 0.269. The van der Waals surface area contributed by atoms with E-state index in [-0.39, 0.29) is 5.25 Å². The average Bonchev–Trinajstić information content (AvgIpc) is 2.41. The molecular weight excluding hydrogens is 234 g/mol. The minimum absolute atomic E-state index is 0.269. The molecule has 17 heavy (non-hydrogen) atoms. The van der Waals surface area contributed by atoms with Gasteiger partial charge in [-0.2, -0.15) is 10.5 Å². The molecule has 0 bridgehead atoms.